The first-order valence-corrected chi connectivity index (χ1v) is 4.56. The number of nitro benzene ring substituents is 1. The Labute approximate surface area is 89.6 Å². The van der Waals surface area contributed by atoms with Crippen LogP contribution >= 0.6 is 0 Å². The molecule has 1 aliphatic heterocycles. The molecule has 0 spiro atoms. The first kappa shape index (κ1) is 10.3. The molecule has 2 N–H and O–H groups in total. The molecule has 2 amide bonds. The van der Waals surface area contributed by atoms with E-state index in [-0.39, 0.29) is 17.8 Å². The van der Waals surface area contributed by atoms with Gasteiger partial charge in [0.1, 0.15) is 5.82 Å². The molecular weight excluding hydrogens is 217 g/mol. The summed E-state index contributed by atoms with van der Waals surface area (Å²) < 4.78 is 13.0. The normalized spacial score (nSPS) is 19.1. The first-order chi connectivity index (χ1) is 7.58. The quantitative estimate of drug-likeness (QED) is 0.583. The maximum atomic E-state index is 13.0. The van der Waals surface area contributed by atoms with E-state index in [0.717, 1.165) is 18.2 Å². The number of hydrogen-bond donors (Lipinski definition) is 2. The predicted octanol–water partition coefficient (Wildman–Crippen LogP) is 1.09. The standard InChI is InChI=1S/C9H8FN3O3/c10-5-1-2-8(13(15)16)6(3-5)7-4-11-9(14)12-7/h1-3,7H,4H2,(H2,11,12,14)/t7-/m1/s1. The van der Waals surface area contributed by atoms with E-state index in [2.05, 4.69) is 10.6 Å². The number of benzene rings is 1. The van der Waals surface area contributed by atoms with Crippen molar-refractivity contribution >= 4 is 11.7 Å². The van der Waals surface area contributed by atoms with Crippen molar-refractivity contribution < 1.29 is 14.1 Å². The SMILES string of the molecule is O=C1NC[C@H](c2cc(F)ccc2[N+](=O)[O-])N1. The van der Waals surface area contributed by atoms with E-state index in [0.29, 0.717) is 0 Å². The number of nitro groups is 1. The van der Waals surface area contributed by atoms with Crippen molar-refractivity contribution in [1.82, 2.24) is 10.6 Å². The van der Waals surface area contributed by atoms with E-state index in [1.165, 1.54) is 0 Å². The molecule has 0 bridgehead atoms. The molecule has 0 radical (unpaired) electrons. The van der Waals surface area contributed by atoms with Crippen molar-refractivity contribution in [3.63, 3.8) is 0 Å². The topological polar surface area (TPSA) is 84.3 Å². The molecule has 7 heteroatoms. The fourth-order valence-electron chi connectivity index (χ4n) is 1.61. The number of hydrogen-bond acceptors (Lipinski definition) is 3. The van der Waals surface area contributed by atoms with Crippen LogP contribution in [0.4, 0.5) is 14.9 Å². The lowest BCUT2D eigenvalue weighted by atomic mass is 10.1. The number of halogens is 1. The molecule has 0 unspecified atom stereocenters. The van der Waals surface area contributed by atoms with Crippen LogP contribution in [-0.2, 0) is 0 Å². The average molecular weight is 225 g/mol. The van der Waals surface area contributed by atoms with Crippen LogP contribution in [-0.4, -0.2) is 17.5 Å². The van der Waals surface area contributed by atoms with E-state index in [1.807, 2.05) is 0 Å². The molecule has 6 nitrogen and oxygen atoms in total. The van der Waals surface area contributed by atoms with Crippen molar-refractivity contribution in [2.75, 3.05) is 6.54 Å². The smallest absolute Gasteiger partial charge is 0.315 e. The van der Waals surface area contributed by atoms with Gasteiger partial charge in [0.15, 0.2) is 0 Å². The first-order valence-electron chi connectivity index (χ1n) is 4.56. The van der Waals surface area contributed by atoms with Crippen LogP contribution in [0.2, 0.25) is 0 Å². The molecule has 0 aliphatic carbocycles. The van der Waals surface area contributed by atoms with Crippen LogP contribution in [0.1, 0.15) is 11.6 Å². The van der Waals surface area contributed by atoms with E-state index < -0.39 is 22.8 Å². The average Bonchev–Trinajstić information content (AvgIpc) is 2.64. The second-order valence-electron chi connectivity index (χ2n) is 3.37. The van der Waals surface area contributed by atoms with Gasteiger partial charge >= 0.3 is 6.03 Å². The summed E-state index contributed by atoms with van der Waals surface area (Å²) in [5.74, 6) is -0.568. The lowest BCUT2D eigenvalue weighted by Gasteiger charge is -2.09. The Balaban J connectivity index is 2.41. The minimum Gasteiger partial charge on any atom is -0.336 e. The molecule has 1 aromatic rings. The maximum absolute atomic E-state index is 13.0. The number of urea groups is 1. The molecule has 16 heavy (non-hydrogen) atoms. The molecule has 1 aromatic carbocycles. The van der Waals surface area contributed by atoms with Gasteiger partial charge in [-0.25, -0.2) is 9.18 Å². The van der Waals surface area contributed by atoms with E-state index in [4.69, 9.17) is 0 Å². The van der Waals surface area contributed by atoms with Crippen LogP contribution in [0.5, 0.6) is 0 Å². The second-order valence-corrected chi connectivity index (χ2v) is 3.37. The van der Waals surface area contributed by atoms with Crippen LogP contribution in [0.25, 0.3) is 0 Å². The van der Waals surface area contributed by atoms with E-state index >= 15 is 0 Å². The minimum atomic E-state index is -0.598. The Hall–Kier alpha value is -2.18. The highest BCUT2D eigenvalue weighted by atomic mass is 19.1. The zero-order chi connectivity index (χ0) is 11.7. The van der Waals surface area contributed by atoms with Crippen LogP contribution < -0.4 is 10.6 Å². The van der Waals surface area contributed by atoms with Crippen molar-refractivity contribution in [3.05, 3.63) is 39.7 Å². The van der Waals surface area contributed by atoms with Crippen LogP contribution in [0, 0.1) is 15.9 Å². The molecule has 1 saturated heterocycles. The Morgan fingerprint density at radius 1 is 1.50 bits per heavy atom. The summed E-state index contributed by atoms with van der Waals surface area (Å²) in [4.78, 5) is 21.0. The summed E-state index contributed by atoms with van der Waals surface area (Å²) in [6.07, 6.45) is 0. The molecular formula is C9H8FN3O3. The minimum absolute atomic E-state index is 0.170. The third kappa shape index (κ3) is 1.79. The number of carbonyl (C=O) groups is 1. The number of nitrogens with zero attached hydrogens (tertiary/aromatic N) is 1. The van der Waals surface area contributed by atoms with Gasteiger partial charge in [0.25, 0.3) is 5.69 Å². The van der Waals surface area contributed by atoms with Gasteiger partial charge in [-0.15, -0.1) is 0 Å². The second kappa shape index (κ2) is 3.76. The van der Waals surface area contributed by atoms with Gasteiger partial charge in [-0.2, -0.15) is 0 Å². The van der Waals surface area contributed by atoms with Crippen LogP contribution in [0.3, 0.4) is 0 Å². The maximum Gasteiger partial charge on any atom is 0.315 e. The number of rotatable bonds is 2. The zero-order valence-corrected chi connectivity index (χ0v) is 8.07. The molecule has 84 valence electrons. The van der Waals surface area contributed by atoms with Crippen molar-refractivity contribution in [2.24, 2.45) is 0 Å². The third-order valence-electron chi connectivity index (χ3n) is 2.33. The number of amides is 2. The summed E-state index contributed by atoms with van der Waals surface area (Å²) in [6.45, 7) is 0.211. The summed E-state index contributed by atoms with van der Waals surface area (Å²) in [5, 5.41) is 15.7. The monoisotopic (exact) mass is 225 g/mol. The Morgan fingerprint density at radius 2 is 2.25 bits per heavy atom. The zero-order valence-electron chi connectivity index (χ0n) is 8.07. The van der Waals surface area contributed by atoms with Gasteiger partial charge in [-0.1, -0.05) is 0 Å². The van der Waals surface area contributed by atoms with E-state index in [1.54, 1.807) is 0 Å². The fraction of sp³-hybridized carbons (Fsp3) is 0.222. The lowest BCUT2D eigenvalue weighted by Crippen LogP contribution is -2.22. The highest BCUT2D eigenvalue weighted by molar-refractivity contribution is 5.77. The van der Waals surface area contributed by atoms with Crippen molar-refractivity contribution in [2.45, 2.75) is 6.04 Å². The third-order valence-corrected chi connectivity index (χ3v) is 2.33. The molecule has 2 rings (SSSR count). The largest absolute Gasteiger partial charge is 0.336 e. The highest BCUT2D eigenvalue weighted by Crippen LogP contribution is 2.26. The molecule has 1 heterocycles. The van der Waals surface area contributed by atoms with Crippen LogP contribution in [0.15, 0.2) is 18.2 Å². The molecule has 1 aliphatic rings. The van der Waals surface area contributed by atoms with Gasteiger partial charge in [0.05, 0.1) is 16.5 Å². The summed E-state index contributed by atoms with van der Waals surface area (Å²) in [7, 11) is 0. The van der Waals surface area contributed by atoms with Gasteiger partial charge in [-0.3, -0.25) is 10.1 Å². The summed E-state index contributed by atoms with van der Waals surface area (Å²) >= 11 is 0. The number of carbonyl (C=O) groups excluding carboxylic acids is 1. The Kier molecular flexibility index (Phi) is 2.43. The molecule has 0 aromatic heterocycles. The van der Waals surface area contributed by atoms with Gasteiger partial charge < -0.3 is 10.6 Å². The summed E-state index contributed by atoms with van der Waals surface area (Å²) in [5.41, 5.74) is -0.0289. The molecule has 1 atom stereocenters. The fourth-order valence-corrected chi connectivity index (χ4v) is 1.61. The van der Waals surface area contributed by atoms with Gasteiger partial charge in [0.2, 0.25) is 0 Å². The molecule has 1 fully saturated rings. The number of nitrogens with one attached hydrogen (secondary N) is 2. The molecule has 0 saturated carbocycles. The Bertz CT molecular complexity index is 463. The van der Waals surface area contributed by atoms with Crippen molar-refractivity contribution in [1.29, 1.82) is 0 Å². The van der Waals surface area contributed by atoms with Gasteiger partial charge in [-0.05, 0) is 12.1 Å². The Morgan fingerprint density at radius 3 is 2.81 bits per heavy atom. The predicted molar refractivity (Wildman–Crippen MR) is 52.3 cm³/mol. The van der Waals surface area contributed by atoms with Crippen molar-refractivity contribution in [3.8, 4) is 0 Å². The highest BCUT2D eigenvalue weighted by Gasteiger charge is 2.28. The van der Waals surface area contributed by atoms with Gasteiger partial charge in [0, 0.05) is 12.6 Å². The summed E-state index contributed by atoms with van der Waals surface area (Å²) in [6, 6.07) is 2.20. The van der Waals surface area contributed by atoms with E-state index in [9.17, 15) is 19.3 Å². The lowest BCUT2D eigenvalue weighted by molar-refractivity contribution is -0.385.